The molecule has 0 aromatic heterocycles. The first-order chi connectivity index (χ1) is 9.16. The lowest BCUT2D eigenvalue weighted by Crippen LogP contribution is -2.22. The van der Waals surface area contributed by atoms with Gasteiger partial charge in [-0.25, -0.2) is 8.78 Å². The summed E-state index contributed by atoms with van der Waals surface area (Å²) < 4.78 is 26.8. The van der Waals surface area contributed by atoms with E-state index >= 15 is 0 Å². The minimum Gasteiger partial charge on any atom is -0.312 e. The van der Waals surface area contributed by atoms with Crippen LogP contribution in [-0.2, 0) is 6.54 Å². The first kappa shape index (κ1) is 14.4. The number of benzene rings is 1. The number of nitrogens with one attached hydrogen (secondary N) is 1. The normalized spacial score (nSPS) is 23.5. The molecule has 0 spiro atoms. The molecule has 3 heteroatoms. The summed E-state index contributed by atoms with van der Waals surface area (Å²) in [5.74, 6) is 0.696. The standard InChI is InChI=1S/C16H23F2N/c1-12-4-2-5-13(10-12)8-9-19-11-14-15(17)6-3-7-16(14)18/h3,6-7,12-13,19H,2,4-5,8-11H2,1H3. The molecule has 1 aliphatic rings. The van der Waals surface area contributed by atoms with Crippen LogP contribution in [0.2, 0.25) is 0 Å². The highest BCUT2D eigenvalue weighted by Gasteiger charge is 2.18. The third-order valence-corrected chi connectivity index (χ3v) is 4.14. The first-order valence-corrected chi connectivity index (χ1v) is 7.30. The predicted molar refractivity (Wildman–Crippen MR) is 73.8 cm³/mol. The smallest absolute Gasteiger partial charge is 0.130 e. The highest BCUT2D eigenvalue weighted by molar-refractivity contribution is 5.19. The third-order valence-electron chi connectivity index (χ3n) is 4.14. The van der Waals surface area contributed by atoms with Crippen molar-refractivity contribution in [2.75, 3.05) is 6.54 Å². The van der Waals surface area contributed by atoms with Gasteiger partial charge in [-0.3, -0.25) is 0 Å². The molecular formula is C16H23F2N. The van der Waals surface area contributed by atoms with Crippen molar-refractivity contribution < 1.29 is 8.78 Å². The molecule has 0 radical (unpaired) electrons. The van der Waals surface area contributed by atoms with Gasteiger partial charge in [0.05, 0.1) is 0 Å². The summed E-state index contributed by atoms with van der Waals surface area (Å²) in [6, 6.07) is 4.02. The van der Waals surface area contributed by atoms with Crippen LogP contribution in [0.4, 0.5) is 8.78 Å². The Labute approximate surface area is 114 Å². The second kappa shape index (κ2) is 6.99. The van der Waals surface area contributed by atoms with Crippen LogP contribution in [0.25, 0.3) is 0 Å². The molecule has 0 aliphatic heterocycles. The van der Waals surface area contributed by atoms with E-state index in [0.717, 1.165) is 24.8 Å². The van der Waals surface area contributed by atoms with Gasteiger partial charge in [0.1, 0.15) is 11.6 Å². The minimum atomic E-state index is -0.459. The van der Waals surface area contributed by atoms with E-state index in [4.69, 9.17) is 0 Å². The summed E-state index contributed by atoms with van der Waals surface area (Å²) in [7, 11) is 0. The number of rotatable bonds is 5. The van der Waals surface area contributed by atoms with Crippen LogP contribution in [0.15, 0.2) is 18.2 Å². The Hall–Kier alpha value is -0.960. The van der Waals surface area contributed by atoms with Crippen molar-refractivity contribution in [3.05, 3.63) is 35.4 Å². The Morgan fingerprint density at radius 3 is 2.63 bits per heavy atom. The van der Waals surface area contributed by atoms with Crippen LogP contribution in [0.1, 0.15) is 44.6 Å². The van der Waals surface area contributed by atoms with Gasteiger partial charge in [-0.05, 0) is 43.4 Å². The molecule has 0 heterocycles. The Morgan fingerprint density at radius 2 is 1.95 bits per heavy atom. The lowest BCUT2D eigenvalue weighted by atomic mass is 9.81. The van der Waals surface area contributed by atoms with E-state index in [0.29, 0.717) is 0 Å². The van der Waals surface area contributed by atoms with Crippen molar-refractivity contribution in [2.24, 2.45) is 11.8 Å². The Bertz CT molecular complexity index is 385. The summed E-state index contributed by atoms with van der Waals surface area (Å²) in [5, 5.41) is 3.17. The van der Waals surface area contributed by atoms with E-state index in [1.54, 1.807) is 0 Å². The highest BCUT2D eigenvalue weighted by Crippen LogP contribution is 2.30. The van der Waals surface area contributed by atoms with Crippen LogP contribution in [0, 0.1) is 23.5 Å². The molecule has 1 nitrogen and oxygen atoms in total. The fraction of sp³-hybridized carbons (Fsp3) is 0.625. The summed E-state index contributed by atoms with van der Waals surface area (Å²) in [6.07, 6.45) is 6.40. The van der Waals surface area contributed by atoms with E-state index in [2.05, 4.69) is 12.2 Å². The molecule has 1 aromatic carbocycles. The van der Waals surface area contributed by atoms with Crippen molar-refractivity contribution in [3.63, 3.8) is 0 Å². The lowest BCUT2D eigenvalue weighted by molar-refractivity contribution is 0.267. The Balaban J connectivity index is 1.72. The van der Waals surface area contributed by atoms with Gasteiger partial charge in [0.2, 0.25) is 0 Å². The average molecular weight is 267 g/mol. The maximum Gasteiger partial charge on any atom is 0.130 e. The van der Waals surface area contributed by atoms with Gasteiger partial charge in [0, 0.05) is 12.1 Å². The van der Waals surface area contributed by atoms with Gasteiger partial charge in [-0.15, -0.1) is 0 Å². The van der Waals surface area contributed by atoms with E-state index in [9.17, 15) is 8.78 Å². The van der Waals surface area contributed by atoms with Crippen LogP contribution < -0.4 is 5.32 Å². The predicted octanol–water partition coefficient (Wildman–Crippen LogP) is 4.27. The molecule has 1 aromatic rings. The SMILES string of the molecule is CC1CCCC(CCNCc2c(F)cccc2F)C1. The molecule has 1 aliphatic carbocycles. The van der Waals surface area contributed by atoms with Gasteiger partial charge in [0.15, 0.2) is 0 Å². The lowest BCUT2D eigenvalue weighted by Gasteiger charge is -2.26. The molecule has 1 saturated carbocycles. The molecule has 0 bridgehead atoms. The zero-order valence-corrected chi connectivity index (χ0v) is 11.6. The fourth-order valence-electron chi connectivity index (χ4n) is 3.04. The van der Waals surface area contributed by atoms with Crippen LogP contribution in [0.3, 0.4) is 0 Å². The molecule has 0 amide bonds. The summed E-state index contributed by atoms with van der Waals surface area (Å²) in [6.45, 7) is 3.43. The summed E-state index contributed by atoms with van der Waals surface area (Å²) in [4.78, 5) is 0. The van der Waals surface area contributed by atoms with Crippen LogP contribution >= 0.6 is 0 Å². The van der Waals surface area contributed by atoms with Crippen molar-refractivity contribution in [3.8, 4) is 0 Å². The number of hydrogen-bond donors (Lipinski definition) is 1. The van der Waals surface area contributed by atoms with E-state index in [1.165, 1.54) is 43.9 Å². The van der Waals surface area contributed by atoms with E-state index in [-0.39, 0.29) is 12.1 Å². The number of hydrogen-bond acceptors (Lipinski definition) is 1. The van der Waals surface area contributed by atoms with Gasteiger partial charge < -0.3 is 5.32 Å². The van der Waals surface area contributed by atoms with Crippen LogP contribution in [0.5, 0.6) is 0 Å². The largest absolute Gasteiger partial charge is 0.312 e. The van der Waals surface area contributed by atoms with Crippen molar-refractivity contribution >= 4 is 0 Å². The molecule has 1 N–H and O–H groups in total. The molecular weight excluding hydrogens is 244 g/mol. The third kappa shape index (κ3) is 4.27. The van der Waals surface area contributed by atoms with Gasteiger partial charge in [-0.1, -0.05) is 32.3 Å². The molecule has 0 saturated heterocycles. The quantitative estimate of drug-likeness (QED) is 0.786. The van der Waals surface area contributed by atoms with Gasteiger partial charge >= 0.3 is 0 Å². The summed E-state index contributed by atoms with van der Waals surface area (Å²) in [5.41, 5.74) is 0.152. The molecule has 2 atom stereocenters. The fourth-order valence-corrected chi connectivity index (χ4v) is 3.04. The van der Waals surface area contributed by atoms with Crippen molar-refractivity contribution in [1.29, 1.82) is 0 Å². The second-order valence-electron chi connectivity index (χ2n) is 5.80. The second-order valence-corrected chi connectivity index (χ2v) is 5.80. The van der Waals surface area contributed by atoms with E-state index < -0.39 is 11.6 Å². The molecule has 2 rings (SSSR count). The maximum atomic E-state index is 13.4. The zero-order chi connectivity index (χ0) is 13.7. The molecule has 1 fully saturated rings. The molecule has 106 valence electrons. The minimum absolute atomic E-state index is 0.152. The van der Waals surface area contributed by atoms with Crippen molar-refractivity contribution in [1.82, 2.24) is 5.32 Å². The highest BCUT2D eigenvalue weighted by atomic mass is 19.1. The van der Waals surface area contributed by atoms with Crippen LogP contribution in [-0.4, -0.2) is 6.54 Å². The zero-order valence-electron chi connectivity index (χ0n) is 11.6. The Kier molecular flexibility index (Phi) is 5.32. The van der Waals surface area contributed by atoms with Gasteiger partial charge in [-0.2, -0.15) is 0 Å². The first-order valence-electron chi connectivity index (χ1n) is 7.30. The average Bonchev–Trinajstić information content (AvgIpc) is 2.37. The molecule has 19 heavy (non-hydrogen) atoms. The monoisotopic (exact) mass is 267 g/mol. The molecule has 2 unspecified atom stereocenters. The topological polar surface area (TPSA) is 12.0 Å². The van der Waals surface area contributed by atoms with Gasteiger partial charge in [0.25, 0.3) is 0 Å². The summed E-state index contributed by atoms with van der Waals surface area (Å²) >= 11 is 0. The maximum absolute atomic E-state index is 13.4. The van der Waals surface area contributed by atoms with Crippen molar-refractivity contribution in [2.45, 2.75) is 45.6 Å². The number of halogens is 2. The Morgan fingerprint density at radius 1 is 1.21 bits per heavy atom. The van der Waals surface area contributed by atoms with E-state index in [1.807, 2.05) is 0 Å².